The number of rotatable bonds is 5. The van der Waals surface area contributed by atoms with Gasteiger partial charge < -0.3 is 15.7 Å². The van der Waals surface area contributed by atoms with E-state index in [1.165, 1.54) is 0 Å². The SMILES string of the molecule is CC(CO)NC(=O)NCc1ccc(-n2cnc3ccccc32)cc1. The van der Waals surface area contributed by atoms with E-state index in [2.05, 4.69) is 15.6 Å². The summed E-state index contributed by atoms with van der Waals surface area (Å²) in [5.41, 5.74) is 4.03. The second-order valence-electron chi connectivity index (χ2n) is 5.68. The molecule has 124 valence electrons. The molecule has 1 unspecified atom stereocenters. The molecule has 2 amide bonds. The fourth-order valence-corrected chi connectivity index (χ4v) is 2.44. The van der Waals surface area contributed by atoms with E-state index >= 15 is 0 Å². The highest BCUT2D eigenvalue weighted by molar-refractivity contribution is 5.77. The number of fused-ring (bicyclic) bond motifs is 1. The lowest BCUT2D eigenvalue weighted by Crippen LogP contribution is -2.41. The summed E-state index contributed by atoms with van der Waals surface area (Å²) in [6.07, 6.45) is 1.81. The maximum Gasteiger partial charge on any atom is 0.315 e. The van der Waals surface area contributed by atoms with Crippen molar-refractivity contribution >= 4 is 17.1 Å². The van der Waals surface area contributed by atoms with Crippen LogP contribution >= 0.6 is 0 Å². The van der Waals surface area contributed by atoms with Crippen LogP contribution in [0, 0.1) is 0 Å². The van der Waals surface area contributed by atoms with Gasteiger partial charge >= 0.3 is 6.03 Å². The van der Waals surface area contributed by atoms with E-state index in [4.69, 9.17) is 5.11 Å². The standard InChI is InChI=1S/C18H20N4O2/c1-13(11-23)21-18(24)19-10-14-6-8-15(9-7-14)22-12-20-16-4-2-3-5-17(16)22/h2-9,12-13,23H,10-11H2,1H3,(H2,19,21,24). The maximum atomic E-state index is 11.6. The lowest BCUT2D eigenvalue weighted by atomic mass is 10.2. The topological polar surface area (TPSA) is 79.2 Å². The third kappa shape index (κ3) is 3.55. The number of hydrogen-bond acceptors (Lipinski definition) is 3. The van der Waals surface area contributed by atoms with Gasteiger partial charge in [0.25, 0.3) is 0 Å². The average molecular weight is 324 g/mol. The molecule has 3 rings (SSSR count). The Morgan fingerprint density at radius 3 is 2.71 bits per heavy atom. The smallest absolute Gasteiger partial charge is 0.315 e. The van der Waals surface area contributed by atoms with Crippen molar-refractivity contribution in [3.05, 3.63) is 60.4 Å². The van der Waals surface area contributed by atoms with Crippen LogP contribution in [0.25, 0.3) is 16.7 Å². The molecule has 6 heteroatoms. The molecule has 24 heavy (non-hydrogen) atoms. The third-order valence-electron chi connectivity index (χ3n) is 3.77. The zero-order chi connectivity index (χ0) is 16.9. The van der Waals surface area contributed by atoms with E-state index < -0.39 is 0 Å². The third-order valence-corrected chi connectivity index (χ3v) is 3.77. The zero-order valence-corrected chi connectivity index (χ0v) is 13.4. The monoisotopic (exact) mass is 324 g/mol. The molecule has 0 fully saturated rings. The molecule has 1 aromatic heterocycles. The van der Waals surface area contributed by atoms with Crippen molar-refractivity contribution < 1.29 is 9.90 Å². The molecule has 1 atom stereocenters. The molecule has 2 aromatic carbocycles. The van der Waals surface area contributed by atoms with Crippen molar-refractivity contribution in [3.8, 4) is 5.69 Å². The molecule has 0 aliphatic heterocycles. The minimum atomic E-state index is -0.291. The first-order valence-electron chi connectivity index (χ1n) is 7.84. The van der Waals surface area contributed by atoms with Gasteiger partial charge in [-0.05, 0) is 36.8 Å². The lowest BCUT2D eigenvalue weighted by Gasteiger charge is -2.12. The summed E-state index contributed by atoms with van der Waals surface area (Å²) in [6, 6.07) is 15.4. The van der Waals surface area contributed by atoms with Gasteiger partial charge in [0, 0.05) is 12.2 Å². The highest BCUT2D eigenvalue weighted by atomic mass is 16.3. The number of aliphatic hydroxyl groups excluding tert-OH is 1. The number of urea groups is 1. The Morgan fingerprint density at radius 1 is 1.21 bits per heavy atom. The number of carbonyl (C=O) groups excluding carboxylic acids is 1. The van der Waals surface area contributed by atoms with Crippen LogP contribution in [0.4, 0.5) is 4.79 Å². The van der Waals surface area contributed by atoms with Crippen LogP contribution in [0.3, 0.4) is 0 Å². The molecule has 1 heterocycles. The van der Waals surface area contributed by atoms with Gasteiger partial charge in [-0.25, -0.2) is 9.78 Å². The molecular formula is C18H20N4O2. The number of aromatic nitrogens is 2. The van der Waals surface area contributed by atoms with Crippen LogP contribution in [0.15, 0.2) is 54.9 Å². The first-order chi connectivity index (χ1) is 11.7. The number of amides is 2. The van der Waals surface area contributed by atoms with Crippen molar-refractivity contribution in [2.45, 2.75) is 19.5 Å². The molecule has 0 bridgehead atoms. The van der Waals surface area contributed by atoms with Crippen LogP contribution in [0.5, 0.6) is 0 Å². The number of nitrogens with zero attached hydrogens (tertiary/aromatic N) is 2. The van der Waals surface area contributed by atoms with Gasteiger partial charge in [-0.2, -0.15) is 0 Å². The molecular weight excluding hydrogens is 304 g/mol. The highest BCUT2D eigenvalue weighted by Crippen LogP contribution is 2.18. The van der Waals surface area contributed by atoms with Crippen molar-refractivity contribution in [1.29, 1.82) is 0 Å². The number of benzene rings is 2. The minimum absolute atomic E-state index is 0.0824. The summed E-state index contributed by atoms with van der Waals surface area (Å²) >= 11 is 0. The minimum Gasteiger partial charge on any atom is -0.394 e. The van der Waals surface area contributed by atoms with E-state index in [9.17, 15) is 4.79 Å². The Hall–Kier alpha value is -2.86. The summed E-state index contributed by atoms with van der Waals surface area (Å²) in [5.74, 6) is 0. The number of hydrogen-bond donors (Lipinski definition) is 3. The van der Waals surface area contributed by atoms with E-state index in [1.54, 1.807) is 6.92 Å². The average Bonchev–Trinajstić information content (AvgIpc) is 3.04. The van der Waals surface area contributed by atoms with Crippen LogP contribution in [-0.4, -0.2) is 33.3 Å². The van der Waals surface area contributed by atoms with Gasteiger partial charge in [-0.1, -0.05) is 24.3 Å². The molecule has 0 saturated heterocycles. The fourth-order valence-electron chi connectivity index (χ4n) is 2.44. The molecule has 3 aromatic rings. The highest BCUT2D eigenvalue weighted by Gasteiger charge is 2.06. The first-order valence-corrected chi connectivity index (χ1v) is 7.84. The predicted octanol–water partition coefficient (Wildman–Crippen LogP) is 2.21. The molecule has 6 nitrogen and oxygen atoms in total. The number of para-hydroxylation sites is 2. The molecule has 0 aliphatic rings. The predicted molar refractivity (Wildman–Crippen MR) is 93.0 cm³/mol. The Labute approximate surface area is 140 Å². The molecule has 0 radical (unpaired) electrons. The van der Waals surface area contributed by atoms with Crippen molar-refractivity contribution in [2.24, 2.45) is 0 Å². The Bertz CT molecular complexity index is 826. The van der Waals surface area contributed by atoms with Crippen molar-refractivity contribution in [2.75, 3.05) is 6.61 Å². The quantitative estimate of drug-likeness (QED) is 0.673. The summed E-state index contributed by atoms with van der Waals surface area (Å²) < 4.78 is 2.03. The second kappa shape index (κ2) is 7.14. The summed E-state index contributed by atoms with van der Waals surface area (Å²) in [7, 11) is 0. The second-order valence-corrected chi connectivity index (χ2v) is 5.68. The van der Waals surface area contributed by atoms with Gasteiger partial charge in [0.15, 0.2) is 0 Å². The van der Waals surface area contributed by atoms with Gasteiger partial charge in [-0.15, -0.1) is 0 Å². The van der Waals surface area contributed by atoms with E-state index in [-0.39, 0.29) is 18.7 Å². The number of imidazole rings is 1. The Kier molecular flexibility index (Phi) is 4.77. The van der Waals surface area contributed by atoms with Crippen LogP contribution in [-0.2, 0) is 6.54 Å². The van der Waals surface area contributed by atoms with E-state index in [1.807, 2.05) is 59.4 Å². The van der Waals surface area contributed by atoms with Crippen LogP contribution in [0.2, 0.25) is 0 Å². The van der Waals surface area contributed by atoms with Gasteiger partial charge in [0.1, 0.15) is 6.33 Å². The largest absolute Gasteiger partial charge is 0.394 e. The van der Waals surface area contributed by atoms with Crippen molar-refractivity contribution in [1.82, 2.24) is 20.2 Å². The number of carbonyl (C=O) groups is 1. The first kappa shape index (κ1) is 16.0. The molecule has 0 spiro atoms. The van der Waals surface area contributed by atoms with Crippen LogP contribution < -0.4 is 10.6 Å². The molecule has 3 N–H and O–H groups in total. The zero-order valence-electron chi connectivity index (χ0n) is 13.4. The van der Waals surface area contributed by atoms with Gasteiger partial charge in [-0.3, -0.25) is 4.57 Å². The maximum absolute atomic E-state index is 11.6. The van der Waals surface area contributed by atoms with E-state index in [0.29, 0.717) is 6.54 Å². The number of aliphatic hydroxyl groups is 1. The van der Waals surface area contributed by atoms with E-state index in [0.717, 1.165) is 22.3 Å². The molecule has 0 saturated carbocycles. The summed E-state index contributed by atoms with van der Waals surface area (Å²) in [4.78, 5) is 16.0. The van der Waals surface area contributed by atoms with Crippen molar-refractivity contribution in [3.63, 3.8) is 0 Å². The normalized spacial score (nSPS) is 12.1. The fraction of sp³-hybridized carbons (Fsp3) is 0.222. The van der Waals surface area contributed by atoms with Gasteiger partial charge in [0.2, 0.25) is 0 Å². The van der Waals surface area contributed by atoms with Crippen LogP contribution in [0.1, 0.15) is 12.5 Å². The molecule has 0 aliphatic carbocycles. The number of nitrogens with one attached hydrogen (secondary N) is 2. The lowest BCUT2D eigenvalue weighted by molar-refractivity contribution is 0.220. The van der Waals surface area contributed by atoms with Gasteiger partial charge in [0.05, 0.1) is 23.7 Å². The Balaban J connectivity index is 1.66. The summed E-state index contributed by atoms with van der Waals surface area (Å²) in [5, 5.41) is 14.3. The summed E-state index contributed by atoms with van der Waals surface area (Å²) in [6.45, 7) is 2.08. The Morgan fingerprint density at radius 2 is 1.96 bits per heavy atom.